The Balaban J connectivity index is 1.45. The molecule has 1 N–H and O–H groups in total. The number of nitrogens with zero attached hydrogens (tertiary/aromatic N) is 3. The van der Waals surface area contributed by atoms with Crippen LogP contribution in [0.4, 0.5) is 5.69 Å². The topological polar surface area (TPSA) is 55.9 Å². The van der Waals surface area contributed by atoms with E-state index in [0.29, 0.717) is 13.0 Å². The third-order valence-electron chi connectivity index (χ3n) is 6.88. The number of piperazine rings is 1. The molecule has 2 aliphatic rings. The van der Waals surface area contributed by atoms with E-state index in [1.165, 1.54) is 5.56 Å². The number of nitrogens with one attached hydrogen (secondary N) is 1. The summed E-state index contributed by atoms with van der Waals surface area (Å²) in [7, 11) is 2.14. The van der Waals surface area contributed by atoms with E-state index in [0.717, 1.165) is 49.5 Å². The summed E-state index contributed by atoms with van der Waals surface area (Å²) in [5, 5.41) is 3.21. The number of benzene rings is 2. The monoisotopic (exact) mass is 434 g/mol. The van der Waals surface area contributed by atoms with Gasteiger partial charge in [0.15, 0.2) is 0 Å². The molecule has 2 fully saturated rings. The fourth-order valence-corrected chi connectivity index (χ4v) is 4.55. The van der Waals surface area contributed by atoms with Crippen LogP contribution in [0.2, 0.25) is 0 Å². The Bertz CT molecular complexity index is 954. The number of likely N-dealkylation sites (N-methyl/N-ethyl adjacent to an activating group) is 1. The number of hydrogen-bond acceptors (Lipinski definition) is 4. The molecule has 2 amide bonds. The second-order valence-corrected chi connectivity index (χ2v) is 9.18. The molecular weight excluding hydrogens is 400 g/mol. The Morgan fingerprint density at radius 3 is 2.41 bits per heavy atom. The zero-order valence-electron chi connectivity index (χ0n) is 19.4. The first-order valence-electron chi connectivity index (χ1n) is 11.6. The standard InChI is InChI=1S/C26H34N4O2/c1-19-9-10-22(17-20(19)2)30-12-11-23(26(30)32)25(31)27-24(21-7-5-4-6-8-21)18-29-15-13-28(3)14-16-29/h4-10,17,23-24H,11-16,18H2,1-3H3,(H,27,31). The summed E-state index contributed by atoms with van der Waals surface area (Å²) in [4.78, 5) is 32.9. The van der Waals surface area contributed by atoms with Crippen molar-refractivity contribution in [1.29, 1.82) is 0 Å². The van der Waals surface area contributed by atoms with Crippen LogP contribution < -0.4 is 10.2 Å². The van der Waals surface area contributed by atoms with Crippen LogP contribution in [0.25, 0.3) is 0 Å². The van der Waals surface area contributed by atoms with E-state index >= 15 is 0 Å². The van der Waals surface area contributed by atoms with Gasteiger partial charge in [0, 0.05) is 45.0 Å². The van der Waals surface area contributed by atoms with Crippen LogP contribution in [0, 0.1) is 19.8 Å². The number of hydrogen-bond donors (Lipinski definition) is 1. The number of rotatable bonds is 6. The van der Waals surface area contributed by atoms with Crippen LogP contribution in [0.5, 0.6) is 0 Å². The summed E-state index contributed by atoms with van der Waals surface area (Å²) >= 11 is 0. The molecule has 170 valence electrons. The summed E-state index contributed by atoms with van der Waals surface area (Å²) in [5.41, 5.74) is 4.31. The number of carbonyl (C=O) groups is 2. The van der Waals surface area contributed by atoms with Crippen LogP contribution in [0.1, 0.15) is 29.2 Å². The third-order valence-corrected chi connectivity index (χ3v) is 6.88. The highest BCUT2D eigenvalue weighted by molar-refractivity contribution is 6.09. The Hall–Kier alpha value is -2.70. The molecule has 2 aliphatic heterocycles. The van der Waals surface area contributed by atoms with Gasteiger partial charge in [0.05, 0.1) is 6.04 Å². The van der Waals surface area contributed by atoms with Gasteiger partial charge in [-0.1, -0.05) is 36.4 Å². The largest absolute Gasteiger partial charge is 0.347 e. The van der Waals surface area contributed by atoms with Gasteiger partial charge in [0.1, 0.15) is 5.92 Å². The second kappa shape index (κ2) is 9.84. The summed E-state index contributed by atoms with van der Waals surface area (Å²) in [6.45, 7) is 9.47. The van der Waals surface area contributed by atoms with Crippen LogP contribution in [-0.4, -0.2) is 67.9 Å². The lowest BCUT2D eigenvalue weighted by molar-refractivity contribution is -0.132. The van der Waals surface area contributed by atoms with Crippen molar-refractivity contribution in [2.24, 2.45) is 5.92 Å². The molecule has 2 unspecified atom stereocenters. The van der Waals surface area contributed by atoms with E-state index < -0.39 is 5.92 Å². The maximum Gasteiger partial charge on any atom is 0.239 e. The van der Waals surface area contributed by atoms with Crippen molar-refractivity contribution in [3.05, 3.63) is 65.2 Å². The molecule has 2 heterocycles. The average Bonchev–Trinajstić information content (AvgIpc) is 3.18. The normalized spacial score (nSPS) is 21.0. The highest BCUT2D eigenvalue weighted by Gasteiger charge is 2.38. The Morgan fingerprint density at radius 1 is 1.00 bits per heavy atom. The fraction of sp³-hybridized carbons (Fsp3) is 0.462. The van der Waals surface area contributed by atoms with E-state index in [-0.39, 0.29) is 17.9 Å². The van der Waals surface area contributed by atoms with Crippen molar-refractivity contribution >= 4 is 17.5 Å². The number of aryl methyl sites for hydroxylation is 2. The Morgan fingerprint density at radius 2 is 1.72 bits per heavy atom. The first kappa shape index (κ1) is 22.5. The minimum Gasteiger partial charge on any atom is -0.347 e. The van der Waals surface area contributed by atoms with Crippen LogP contribution in [0.3, 0.4) is 0 Å². The van der Waals surface area contributed by atoms with Gasteiger partial charge in [0.2, 0.25) is 11.8 Å². The third kappa shape index (κ3) is 5.03. The second-order valence-electron chi connectivity index (χ2n) is 9.18. The highest BCUT2D eigenvalue weighted by atomic mass is 16.2. The fourth-order valence-electron chi connectivity index (χ4n) is 4.55. The van der Waals surface area contributed by atoms with Gasteiger partial charge < -0.3 is 15.1 Å². The van der Waals surface area contributed by atoms with Gasteiger partial charge in [-0.05, 0) is 56.1 Å². The molecule has 4 rings (SSSR count). The minimum absolute atomic E-state index is 0.0998. The first-order valence-corrected chi connectivity index (χ1v) is 11.6. The molecule has 6 heteroatoms. The molecule has 32 heavy (non-hydrogen) atoms. The maximum absolute atomic E-state index is 13.2. The lowest BCUT2D eigenvalue weighted by atomic mass is 10.0. The Labute approximate surface area is 191 Å². The van der Waals surface area contributed by atoms with Crippen molar-refractivity contribution in [1.82, 2.24) is 15.1 Å². The van der Waals surface area contributed by atoms with Crippen molar-refractivity contribution in [3.63, 3.8) is 0 Å². The number of anilines is 1. The predicted octanol–water partition coefficient (Wildman–Crippen LogP) is 2.76. The molecule has 0 saturated carbocycles. The van der Waals surface area contributed by atoms with Crippen molar-refractivity contribution in [2.45, 2.75) is 26.3 Å². The van der Waals surface area contributed by atoms with E-state index in [9.17, 15) is 9.59 Å². The quantitative estimate of drug-likeness (QED) is 0.711. The molecule has 0 aromatic heterocycles. The van der Waals surface area contributed by atoms with E-state index in [1.54, 1.807) is 4.90 Å². The zero-order valence-corrected chi connectivity index (χ0v) is 19.4. The molecule has 0 spiro atoms. The van der Waals surface area contributed by atoms with Crippen molar-refractivity contribution in [2.75, 3.05) is 51.2 Å². The lowest BCUT2D eigenvalue weighted by Gasteiger charge is -2.35. The number of carbonyl (C=O) groups excluding carboxylic acids is 2. The first-order chi connectivity index (χ1) is 15.4. The summed E-state index contributed by atoms with van der Waals surface area (Å²) in [5.74, 6) is -0.892. The maximum atomic E-state index is 13.2. The smallest absolute Gasteiger partial charge is 0.239 e. The van der Waals surface area contributed by atoms with Crippen LogP contribution in [0.15, 0.2) is 48.5 Å². The molecule has 0 radical (unpaired) electrons. The van der Waals surface area contributed by atoms with Gasteiger partial charge in [-0.3, -0.25) is 14.5 Å². The Kier molecular flexibility index (Phi) is 6.92. The molecule has 2 aromatic rings. The van der Waals surface area contributed by atoms with Gasteiger partial charge in [-0.25, -0.2) is 0 Å². The average molecular weight is 435 g/mol. The lowest BCUT2D eigenvalue weighted by Crippen LogP contribution is -2.48. The summed E-state index contributed by atoms with van der Waals surface area (Å²) in [6.07, 6.45) is 0.549. The summed E-state index contributed by atoms with van der Waals surface area (Å²) < 4.78 is 0. The molecular formula is C26H34N4O2. The highest BCUT2D eigenvalue weighted by Crippen LogP contribution is 2.28. The minimum atomic E-state index is -0.629. The molecule has 2 saturated heterocycles. The van der Waals surface area contributed by atoms with Crippen molar-refractivity contribution in [3.8, 4) is 0 Å². The SMILES string of the molecule is Cc1ccc(N2CCC(C(=O)NC(CN3CCN(C)CC3)c3ccccc3)C2=O)cc1C. The molecule has 2 atom stereocenters. The molecule has 6 nitrogen and oxygen atoms in total. The van der Waals surface area contributed by atoms with E-state index in [4.69, 9.17) is 0 Å². The summed E-state index contributed by atoms with van der Waals surface area (Å²) in [6, 6.07) is 16.0. The molecule has 0 bridgehead atoms. The molecule has 0 aliphatic carbocycles. The number of amides is 2. The molecule has 2 aromatic carbocycles. The van der Waals surface area contributed by atoms with Crippen molar-refractivity contribution < 1.29 is 9.59 Å². The van der Waals surface area contributed by atoms with Gasteiger partial charge in [-0.15, -0.1) is 0 Å². The van der Waals surface area contributed by atoms with E-state index in [1.807, 2.05) is 43.3 Å². The van der Waals surface area contributed by atoms with Crippen LogP contribution >= 0.6 is 0 Å². The van der Waals surface area contributed by atoms with E-state index in [2.05, 4.69) is 41.2 Å². The predicted molar refractivity (Wildman–Crippen MR) is 128 cm³/mol. The van der Waals surface area contributed by atoms with Gasteiger partial charge in [0.25, 0.3) is 0 Å². The zero-order chi connectivity index (χ0) is 22.7. The van der Waals surface area contributed by atoms with Crippen LogP contribution in [-0.2, 0) is 9.59 Å². The van der Waals surface area contributed by atoms with Gasteiger partial charge >= 0.3 is 0 Å². The van der Waals surface area contributed by atoms with Gasteiger partial charge in [-0.2, -0.15) is 0 Å².